The third kappa shape index (κ3) is 5.79. The lowest BCUT2D eigenvalue weighted by molar-refractivity contribution is 0.534. The monoisotopic (exact) mass is 806 g/mol. The fraction of sp³-hybridized carbons (Fsp3) is 0.0526. The van der Waals surface area contributed by atoms with Crippen LogP contribution in [0, 0.1) is 0 Å². The summed E-state index contributed by atoms with van der Waals surface area (Å²) in [5, 5.41) is 0. The van der Waals surface area contributed by atoms with Gasteiger partial charge in [0, 0.05) is 22.3 Å². The first kappa shape index (κ1) is 36.6. The van der Waals surface area contributed by atoms with Crippen LogP contribution in [0.2, 0.25) is 0 Å². The Kier molecular flexibility index (Phi) is 8.57. The summed E-state index contributed by atoms with van der Waals surface area (Å²) in [6.07, 6.45) is 0.600. The summed E-state index contributed by atoms with van der Waals surface area (Å²) in [5.74, 6) is 3.83. The first-order chi connectivity index (χ1) is 31.2. The molecule has 0 aliphatic heterocycles. The number of benzene rings is 8. The van der Waals surface area contributed by atoms with Crippen LogP contribution >= 0.6 is 0 Å². The number of nitrogens with zero attached hydrogens (tertiary/aromatic N) is 6. The molecule has 3 aliphatic carbocycles. The number of hydrogen-bond donors (Lipinski definition) is 0. The molecule has 0 unspecified atom stereocenters. The Balaban J connectivity index is 1.18. The standard InChI is InChI=1S/C57H38N6/c1-5-20-38(21-6-1)42-29-19-30-43(36-42)53-59-50(39-22-7-2-8-23-39)60-54(61-53)56-37-44-28-13-14-31-45(44)57(48-34-17-15-32-46(48)56,49-35-18-16-33-47(49)56)55-62-51(40-24-9-3-10-25-40)58-52(63-55)41-26-11-4-12-27-41/h1-36H,37H2. The Morgan fingerprint density at radius 3 is 1.14 bits per heavy atom. The van der Waals surface area contributed by atoms with Crippen molar-refractivity contribution in [1.29, 1.82) is 0 Å². The van der Waals surface area contributed by atoms with E-state index in [0.29, 0.717) is 41.4 Å². The van der Waals surface area contributed by atoms with Crippen LogP contribution in [-0.4, -0.2) is 29.9 Å². The van der Waals surface area contributed by atoms with Gasteiger partial charge in [-0.1, -0.05) is 212 Å². The molecule has 6 heteroatoms. The molecule has 8 aromatic carbocycles. The average Bonchev–Trinajstić information content (AvgIpc) is 3.57. The first-order valence-corrected chi connectivity index (χ1v) is 21.3. The Morgan fingerprint density at radius 1 is 0.270 bits per heavy atom. The van der Waals surface area contributed by atoms with Gasteiger partial charge in [0.2, 0.25) is 0 Å². The van der Waals surface area contributed by atoms with Crippen LogP contribution in [0.15, 0.2) is 218 Å². The van der Waals surface area contributed by atoms with Gasteiger partial charge in [0.05, 0.1) is 5.41 Å². The van der Waals surface area contributed by atoms with E-state index in [0.717, 1.165) is 61.2 Å². The van der Waals surface area contributed by atoms with Gasteiger partial charge in [0.25, 0.3) is 0 Å². The highest BCUT2D eigenvalue weighted by Gasteiger charge is 2.59. The fourth-order valence-corrected chi connectivity index (χ4v) is 10.00. The Labute approximate surface area is 365 Å². The van der Waals surface area contributed by atoms with Gasteiger partial charge in [-0.2, -0.15) is 0 Å². The average molecular weight is 807 g/mol. The van der Waals surface area contributed by atoms with Crippen LogP contribution < -0.4 is 0 Å². The Bertz CT molecular complexity index is 3210. The van der Waals surface area contributed by atoms with Crippen molar-refractivity contribution in [3.8, 4) is 56.7 Å². The minimum absolute atomic E-state index is 0.600. The minimum atomic E-state index is -0.929. The predicted octanol–water partition coefficient (Wildman–Crippen LogP) is 12.0. The fourth-order valence-electron chi connectivity index (χ4n) is 10.00. The lowest BCUT2D eigenvalue weighted by atomic mass is 9.57. The molecular formula is C57H38N6. The van der Waals surface area contributed by atoms with Gasteiger partial charge in [0.1, 0.15) is 11.2 Å². The van der Waals surface area contributed by atoms with Crippen molar-refractivity contribution in [3.05, 3.63) is 263 Å². The van der Waals surface area contributed by atoms with Crippen molar-refractivity contribution >= 4 is 0 Å². The molecule has 2 aromatic heterocycles. The first-order valence-electron chi connectivity index (χ1n) is 21.3. The van der Waals surface area contributed by atoms with Crippen molar-refractivity contribution < 1.29 is 0 Å². The number of aromatic nitrogens is 6. The van der Waals surface area contributed by atoms with E-state index in [9.17, 15) is 0 Å². The van der Waals surface area contributed by atoms with Gasteiger partial charge in [-0.15, -0.1) is 0 Å². The van der Waals surface area contributed by atoms with E-state index in [1.165, 1.54) is 5.56 Å². The molecule has 10 aromatic rings. The molecule has 0 saturated carbocycles. The summed E-state index contributed by atoms with van der Waals surface area (Å²) >= 11 is 0. The van der Waals surface area contributed by atoms with Crippen molar-refractivity contribution in [2.45, 2.75) is 17.3 Å². The molecule has 296 valence electrons. The van der Waals surface area contributed by atoms with Crippen molar-refractivity contribution in [2.75, 3.05) is 0 Å². The number of rotatable bonds is 7. The molecule has 0 atom stereocenters. The van der Waals surface area contributed by atoms with E-state index < -0.39 is 10.8 Å². The van der Waals surface area contributed by atoms with E-state index in [1.807, 2.05) is 60.7 Å². The molecular weight excluding hydrogens is 769 g/mol. The smallest absolute Gasteiger partial charge is 0.163 e. The molecule has 6 nitrogen and oxygen atoms in total. The van der Waals surface area contributed by atoms with E-state index in [-0.39, 0.29) is 0 Å². The van der Waals surface area contributed by atoms with Crippen molar-refractivity contribution in [3.63, 3.8) is 0 Å². The third-order valence-corrected chi connectivity index (χ3v) is 12.8. The maximum atomic E-state index is 5.61. The van der Waals surface area contributed by atoms with E-state index >= 15 is 0 Å². The second-order valence-electron chi connectivity index (χ2n) is 16.2. The Morgan fingerprint density at radius 2 is 0.635 bits per heavy atom. The molecule has 63 heavy (non-hydrogen) atoms. The van der Waals surface area contributed by atoms with Gasteiger partial charge in [0.15, 0.2) is 29.1 Å². The maximum absolute atomic E-state index is 5.61. The second kappa shape index (κ2) is 14.8. The molecule has 0 radical (unpaired) electrons. The largest absolute Gasteiger partial charge is 0.212 e. The zero-order chi connectivity index (χ0) is 41.8. The molecule has 3 aliphatic rings. The van der Waals surface area contributed by atoms with E-state index in [4.69, 9.17) is 29.9 Å². The van der Waals surface area contributed by atoms with Gasteiger partial charge in [-0.3, -0.25) is 0 Å². The molecule has 2 heterocycles. The second-order valence-corrected chi connectivity index (χ2v) is 16.2. The van der Waals surface area contributed by atoms with Crippen molar-refractivity contribution in [2.24, 2.45) is 0 Å². The van der Waals surface area contributed by atoms with Gasteiger partial charge < -0.3 is 0 Å². The highest BCUT2D eigenvalue weighted by atomic mass is 15.1. The van der Waals surface area contributed by atoms with Gasteiger partial charge >= 0.3 is 0 Å². The van der Waals surface area contributed by atoms with E-state index in [2.05, 4.69) is 158 Å². The highest BCUT2D eigenvalue weighted by molar-refractivity contribution is 5.77. The normalized spacial score (nSPS) is 17.0. The topological polar surface area (TPSA) is 77.3 Å². The quantitative estimate of drug-likeness (QED) is 0.160. The van der Waals surface area contributed by atoms with Gasteiger partial charge in [-0.05, 0) is 57.0 Å². The van der Waals surface area contributed by atoms with Crippen LogP contribution in [0.1, 0.15) is 45.0 Å². The van der Waals surface area contributed by atoms with Crippen molar-refractivity contribution in [1.82, 2.24) is 29.9 Å². The predicted molar refractivity (Wildman–Crippen MR) is 249 cm³/mol. The van der Waals surface area contributed by atoms with Gasteiger partial charge in [-0.25, -0.2) is 29.9 Å². The molecule has 0 saturated heterocycles. The molecule has 0 spiro atoms. The molecule has 0 N–H and O–H groups in total. The molecule has 2 bridgehead atoms. The summed E-state index contributed by atoms with van der Waals surface area (Å²) in [6, 6.07) is 76.1. The van der Waals surface area contributed by atoms with Crippen LogP contribution in [0.3, 0.4) is 0 Å². The third-order valence-electron chi connectivity index (χ3n) is 12.8. The number of hydrogen-bond acceptors (Lipinski definition) is 6. The van der Waals surface area contributed by atoms with Crippen LogP contribution in [0.25, 0.3) is 56.7 Å². The lowest BCUT2D eigenvalue weighted by Gasteiger charge is -2.45. The summed E-state index contributed by atoms with van der Waals surface area (Å²) in [4.78, 5) is 32.6. The summed E-state index contributed by atoms with van der Waals surface area (Å²) < 4.78 is 0. The summed E-state index contributed by atoms with van der Waals surface area (Å²) in [5.41, 5.74) is 10.8. The minimum Gasteiger partial charge on any atom is -0.212 e. The van der Waals surface area contributed by atoms with Crippen LogP contribution in [-0.2, 0) is 17.3 Å². The molecule has 0 fully saturated rings. The van der Waals surface area contributed by atoms with Crippen LogP contribution in [0.5, 0.6) is 0 Å². The highest BCUT2D eigenvalue weighted by Crippen LogP contribution is 2.61. The zero-order valence-corrected chi connectivity index (χ0v) is 34.2. The maximum Gasteiger partial charge on any atom is 0.163 e. The lowest BCUT2D eigenvalue weighted by Crippen LogP contribution is -2.44. The zero-order valence-electron chi connectivity index (χ0n) is 34.2. The summed E-state index contributed by atoms with van der Waals surface area (Å²) in [6.45, 7) is 0. The SMILES string of the molecule is c1ccc(-c2cccc(-c3nc(-c4ccccc4)nc(C45Cc6ccccc6C(c6nc(-c7ccccc7)nc(-c7ccccc7)n6)(c6ccccc64)c4ccccc45)n3)c2)cc1. The molecule has 0 amide bonds. The van der Waals surface area contributed by atoms with Crippen LogP contribution in [0.4, 0.5) is 0 Å². The molecule has 13 rings (SSSR count). The van der Waals surface area contributed by atoms with E-state index in [1.54, 1.807) is 0 Å². The summed E-state index contributed by atoms with van der Waals surface area (Å²) in [7, 11) is 0. The Hall–Kier alpha value is -8.22.